The third kappa shape index (κ3) is 5.07. The minimum Gasteiger partial charge on any atom is -0.478 e. The van der Waals surface area contributed by atoms with E-state index in [0.29, 0.717) is 28.1 Å². The highest BCUT2D eigenvalue weighted by molar-refractivity contribution is 5.93. The van der Waals surface area contributed by atoms with Gasteiger partial charge in [0.1, 0.15) is 36.3 Å². The number of aliphatic carboxylic acids is 1. The van der Waals surface area contributed by atoms with Crippen molar-refractivity contribution in [3.8, 4) is 11.5 Å². The van der Waals surface area contributed by atoms with Crippen molar-refractivity contribution >= 4 is 29.0 Å². The van der Waals surface area contributed by atoms with Crippen LogP contribution in [0.3, 0.4) is 0 Å². The zero-order valence-corrected chi connectivity index (χ0v) is 21.8. The number of rotatable bonds is 8. The van der Waals surface area contributed by atoms with Gasteiger partial charge in [0.25, 0.3) is 0 Å². The third-order valence-corrected chi connectivity index (χ3v) is 7.05. The lowest BCUT2D eigenvalue weighted by atomic mass is 9.96. The van der Waals surface area contributed by atoms with E-state index >= 15 is 0 Å². The Morgan fingerprint density at radius 1 is 1.12 bits per heavy atom. The van der Waals surface area contributed by atoms with E-state index in [-0.39, 0.29) is 30.4 Å². The van der Waals surface area contributed by atoms with Gasteiger partial charge in [0.2, 0.25) is 6.79 Å². The number of aryl methyl sites for hydroxylation is 1. The summed E-state index contributed by atoms with van der Waals surface area (Å²) in [6.07, 6.45) is -2.69. The molecule has 5 atom stereocenters. The first-order valence-electron chi connectivity index (χ1n) is 12.8. The number of benzene rings is 2. The fourth-order valence-corrected chi connectivity index (χ4v) is 4.91. The molecule has 212 valence electrons. The molecule has 41 heavy (non-hydrogen) atoms. The highest BCUT2D eigenvalue weighted by Crippen LogP contribution is 2.37. The molecule has 5 N–H and O–H groups in total. The SMILES string of the molecule is Cc1ccc(C=C(C(=O)O)C(OCc2ccc3c(c2)OCO3)[C@H]2O[C@@H](n3cnc4c(N)ncnc43)[C@H](O)[C@@H]2O)cc1. The van der Waals surface area contributed by atoms with Gasteiger partial charge in [-0.15, -0.1) is 0 Å². The second-order valence-corrected chi connectivity index (χ2v) is 9.79. The van der Waals surface area contributed by atoms with E-state index in [9.17, 15) is 20.1 Å². The molecule has 1 unspecified atom stereocenters. The molecule has 1 fully saturated rings. The molecule has 0 aliphatic carbocycles. The third-order valence-electron chi connectivity index (χ3n) is 7.05. The number of carboxylic acids is 1. The number of aliphatic hydroxyl groups is 2. The van der Waals surface area contributed by atoms with E-state index in [2.05, 4.69) is 15.0 Å². The Balaban J connectivity index is 1.36. The summed E-state index contributed by atoms with van der Waals surface area (Å²) in [5.41, 5.74) is 8.60. The minimum atomic E-state index is -1.53. The Kier molecular flexibility index (Phi) is 7.01. The summed E-state index contributed by atoms with van der Waals surface area (Å²) >= 11 is 0. The molecule has 4 heterocycles. The summed E-state index contributed by atoms with van der Waals surface area (Å²) in [5, 5.41) is 32.5. The average molecular weight is 562 g/mol. The van der Waals surface area contributed by atoms with Crippen LogP contribution >= 0.6 is 0 Å². The molecule has 0 spiro atoms. The molecule has 2 aliphatic heterocycles. The summed E-state index contributed by atoms with van der Waals surface area (Å²) in [4.78, 5) is 24.9. The number of fused-ring (bicyclic) bond motifs is 2. The van der Waals surface area contributed by atoms with Crippen molar-refractivity contribution in [2.75, 3.05) is 12.5 Å². The second-order valence-electron chi connectivity index (χ2n) is 9.79. The van der Waals surface area contributed by atoms with Gasteiger partial charge in [-0.05, 0) is 36.3 Å². The standard InChI is InChI=1S/C28H27N5O8/c1-14-2-4-15(5-3-14)8-17(28(36)37)23(38-10-16-6-7-18-19(9-16)40-13-39-18)24-21(34)22(35)27(41-24)33-12-32-20-25(29)30-11-31-26(20)33/h2-9,11-12,21-24,27,34-35H,10,13H2,1H3,(H,36,37)(H2,29,30,31)/t21-,22+,23?,24-,27+/m0/s1. The van der Waals surface area contributed by atoms with Gasteiger partial charge in [0.15, 0.2) is 29.2 Å². The van der Waals surface area contributed by atoms with Gasteiger partial charge in [0.05, 0.1) is 18.5 Å². The maximum Gasteiger partial charge on any atom is 0.334 e. The number of nitrogen functional groups attached to an aromatic ring is 1. The first kappa shape index (κ1) is 26.7. The number of anilines is 1. The number of aromatic nitrogens is 4. The maximum atomic E-state index is 12.6. The normalized spacial score (nSPS) is 22.8. The number of hydrogen-bond donors (Lipinski definition) is 4. The van der Waals surface area contributed by atoms with Crippen LogP contribution in [0.25, 0.3) is 17.2 Å². The summed E-state index contributed by atoms with van der Waals surface area (Å²) in [5.74, 6) is -0.00781. The number of carboxylic acid groups (broad SMARTS) is 1. The zero-order chi connectivity index (χ0) is 28.7. The number of nitrogens with two attached hydrogens (primary N) is 1. The van der Waals surface area contributed by atoms with Crippen LogP contribution in [0.2, 0.25) is 0 Å². The number of hydrogen-bond acceptors (Lipinski definition) is 11. The van der Waals surface area contributed by atoms with Crippen LogP contribution in [-0.2, 0) is 20.9 Å². The van der Waals surface area contributed by atoms with E-state index in [1.165, 1.54) is 23.3 Å². The molecule has 0 radical (unpaired) electrons. The smallest absolute Gasteiger partial charge is 0.334 e. The molecule has 0 saturated carbocycles. The van der Waals surface area contributed by atoms with Crippen LogP contribution in [0.4, 0.5) is 5.82 Å². The molecule has 13 nitrogen and oxygen atoms in total. The highest BCUT2D eigenvalue weighted by atomic mass is 16.7. The topological polar surface area (TPSA) is 184 Å². The largest absolute Gasteiger partial charge is 0.478 e. The van der Waals surface area contributed by atoms with Gasteiger partial charge in [0, 0.05) is 0 Å². The maximum absolute atomic E-state index is 12.6. The summed E-state index contributed by atoms with van der Waals surface area (Å²) in [7, 11) is 0. The molecule has 6 rings (SSSR count). The Hall–Kier alpha value is -4.56. The van der Waals surface area contributed by atoms with Crippen LogP contribution in [0.1, 0.15) is 22.9 Å². The van der Waals surface area contributed by atoms with Crippen LogP contribution < -0.4 is 15.2 Å². The van der Waals surface area contributed by atoms with Gasteiger partial charge in [-0.1, -0.05) is 35.9 Å². The number of imidazole rings is 1. The first-order valence-corrected chi connectivity index (χ1v) is 12.8. The lowest BCUT2D eigenvalue weighted by Crippen LogP contribution is -2.42. The number of nitrogens with zero attached hydrogens (tertiary/aromatic N) is 4. The average Bonchev–Trinajstić information content (AvgIpc) is 3.68. The summed E-state index contributed by atoms with van der Waals surface area (Å²) in [6, 6.07) is 12.5. The molecule has 2 aromatic carbocycles. The molecular weight excluding hydrogens is 534 g/mol. The van der Waals surface area contributed by atoms with Crippen molar-refractivity contribution in [1.29, 1.82) is 0 Å². The minimum absolute atomic E-state index is 0.0507. The Bertz CT molecular complexity index is 1620. The van der Waals surface area contributed by atoms with Gasteiger partial charge >= 0.3 is 5.97 Å². The van der Waals surface area contributed by atoms with Crippen molar-refractivity contribution in [3.05, 3.63) is 77.4 Å². The summed E-state index contributed by atoms with van der Waals surface area (Å²) in [6.45, 7) is 1.97. The molecule has 2 aromatic heterocycles. The molecular formula is C28H27N5O8. The molecule has 1 saturated heterocycles. The Morgan fingerprint density at radius 2 is 1.90 bits per heavy atom. The van der Waals surface area contributed by atoms with Crippen molar-refractivity contribution in [2.24, 2.45) is 0 Å². The molecule has 0 amide bonds. The van der Waals surface area contributed by atoms with Crippen molar-refractivity contribution in [1.82, 2.24) is 19.5 Å². The van der Waals surface area contributed by atoms with Crippen molar-refractivity contribution < 1.29 is 39.1 Å². The fraction of sp³-hybridized carbons (Fsp3) is 0.286. The van der Waals surface area contributed by atoms with E-state index in [0.717, 1.165) is 5.56 Å². The molecule has 2 aliphatic rings. The predicted molar refractivity (Wildman–Crippen MR) is 144 cm³/mol. The van der Waals surface area contributed by atoms with Gasteiger partial charge < -0.3 is 40.0 Å². The monoisotopic (exact) mass is 561 g/mol. The Labute approximate surface area is 233 Å². The van der Waals surface area contributed by atoms with E-state index in [4.69, 9.17) is 24.7 Å². The van der Waals surface area contributed by atoms with Crippen molar-refractivity contribution in [3.63, 3.8) is 0 Å². The lowest BCUT2D eigenvalue weighted by Gasteiger charge is -2.27. The van der Waals surface area contributed by atoms with Crippen LogP contribution in [0.15, 0.2) is 60.7 Å². The number of ether oxygens (including phenoxy) is 4. The first-order chi connectivity index (χ1) is 19.8. The molecule has 13 heteroatoms. The zero-order valence-electron chi connectivity index (χ0n) is 21.8. The fourth-order valence-electron chi connectivity index (χ4n) is 4.91. The van der Waals surface area contributed by atoms with Gasteiger partial charge in [-0.25, -0.2) is 19.7 Å². The van der Waals surface area contributed by atoms with Gasteiger partial charge in [-0.3, -0.25) is 4.57 Å². The van der Waals surface area contributed by atoms with E-state index < -0.39 is 36.6 Å². The molecule has 0 bridgehead atoms. The van der Waals surface area contributed by atoms with Crippen LogP contribution in [0, 0.1) is 6.92 Å². The number of carbonyl (C=O) groups is 1. The quantitative estimate of drug-likeness (QED) is 0.229. The lowest BCUT2D eigenvalue weighted by molar-refractivity contribution is -0.138. The second kappa shape index (κ2) is 10.8. The van der Waals surface area contributed by atoms with Crippen molar-refractivity contribution in [2.45, 2.75) is 44.2 Å². The molecule has 4 aromatic rings. The highest BCUT2D eigenvalue weighted by Gasteiger charge is 2.50. The van der Waals surface area contributed by atoms with E-state index in [1.54, 1.807) is 30.3 Å². The van der Waals surface area contributed by atoms with Crippen LogP contribution in [-0.4, -0.2) is 72.0 Å². The van der Waals surface area contributed by atoms with Crippen LogP contribution in [0.5, 0.6) is 11.5 Å². The van der Waals surface area contributed by atoms with Gasteiger partial charge in [-0.2, -0.15) is 0 Å². The predicted octanol–water partition coefficient (Wildman–Crippen LogP) is 1.82. The Morgan fingerprint density at radius 3 is 2.68 bits per heavy atom. The van der Waals surface area contributed by atoms with E-state index in [1.807, 2.05) is 19.1 Å². The number of aliphatic hydroxyl groups excluding tert-OH is 2. The summed E-state index contributed by atoms with van der Waals surface area (Å²) < 4.78 is 24.5.